The summed E-state index contributed by atoms with van der Waals surface area (Å²) >= 11 is 5.92. The molecule has 0 aromatic heterocycles. The second-order valence-corrected chi connectivity index (χ2v) is 7.16. The first-order valence-corrected chi connectivity index (χ1v) is 9.64. The van der Waals surface area contributed by atoms with Crippen LogP contribution < -0.4 is 5.32 Å². The van der Waals surface area contributed by atoms with Gasteiger partial charge in [-0.25, -0.2) is 0 Å². The van der Waals surface area contributed by atoms with E-state index in [0.29, 0.717) is 18.1 Å². The molecule has 2 aromatic carbocycles. The minimum Gasteiger partial charge on any atom is -0.337 e. The molecule has 0 saturated carbocycles. The predicted octanol–water partition coefficient (Wildman–Crippen LogP) is 4.03. The molecule has 29 heavy (non-hydrogen) atoms. The van der Waals surface area contributed by atoms with Gasteiger partial charge in [0.15, 0.2) is 0 Å². The lowest BCUT2D eigenvalue weighted by Crippen LogP contribution is -2.41. The molecule has 0 spiro atoms. The molecule has 0 radical (unpaired) electrons. The van der Waals surface area contributed by atoms with Crippen molar-refractivity contribution in [3.05, 3.63) is 80.5 Å². The molecule has 0 unspecified atom stereocenters. The molecule has 1 fully saturated rings. The van der Waals surface area contributed by atoms with Gasteiger partial charge < -0.3 is 10.2 Å². The number of carbonyl (C=O) groups excluding carboxylic acids is 2. The number of benzene rings is 2. The van der Waals surface area contributed by atoms with Crippen LogP contribution in [-0.2, 0) is 4.79 Å². The van der Waals surface area contributed by atoms with Gasteiger partial charge in [0.25, 0.3) is 17.5 Å². The molecule has 1 saturated heterocycles. The molecule has 1 heterocycles. The van der Waals surface area contributed by atoms with Crippen LogP contribution >= 0.6 is 11.6 Å². The van der Waals surface area contributed by atoms with Crippen molar-refractivity contribution in [3.63, 3.8) is 0 Å². The van der Waals surface area contributed by atoms with E-state index < -0.39 is 10.8 Å². The molecule has 1 aliphatic heterocycles. The molecule has 2 aromatic rings. The summed E-state index contributed by atoms with van der Waals surface area (Å²) in [6, 6.07) is 12.1. The summed E-state index contributed by atoms with van der Waals surface area (Å²) < 4.78 is 0. The number of nitro benzene ring substituents is 1. The predicted molar refractivity (Wildman–Crippen MR) is 110 cm³/mol. The second kappa shape index (κ2) is 9.34. The normalized spacial score (nSPS) is 14.4. The van der Waals surface area contributed by atoms with Crippen LogP contribution in [0.15, 0.2) is 54.2 Å². The molecule has 150 valence electrons. The van der Waals surface area contributed by atoms with Gasteiger partial charge in [-0.1, -0.05) is 23.7 Å². The van der Waals surface area contributed by atoms with E-state index in [2.05, 4.69) is 5.32 Å². The van der Waals surface area contributed by atoms with Crippen molar-refractivity contribution in [2.24, 2.45) is 0 Å². The third kappa shape index (κ3) is 5.42. The largest absolute Gasteiger partial charge is 0.337 e. The number of amides is 2. The number of rotatable bonds is 5. The molecule has 2 amide bonds. The van der Waals surface area contributed by atoms with Gasteiger partial charge in [0.1, 0.15) is 5.70 Å². The Balaban J connectivity index is 1.85. The Labute approximate surface area is 173 Å². The zero-order valence-electron chi connectivity index (χ0n) is 15.6. The number of likely N-dealkylation sites (tertiary alicyclic amines) is 1. The van der Waals surface area contributed by atoms with Crippen LogP contribution in [0.4, 0.5) is 5.69 Å². The molecule has 3 rings (SSSR count). The Bertz CT molecular complexity index is 933. The first-order chi connectivity index (χ1) is 13.9. The number of nitro groups is 1. The van der Waals surface area contributed by atoms with E-state index in [1.54, 1.807) is 35.2 Å². The fourth-order valence-electron chi connectivity index (χ4n) is 3.07. The Morgan fingerprint density at radius 1 is 1.00 bits per heavy atom. The van der Waals surface area contributed by atoms with Crippen molar-refractivity contribution in [1.82, 2.24) is 10.2 Å². The molecule has 0 atom stereocenters. The minimum absolute atomic E-state index is 0.108. The molecule has 1 aliphatic rings. The summed E-state index contributed by atoms with van der Waals surface area (Å²) in [4.78, 5) is 37.6. The zero-order valence-corrected chi connectivity index (χ0v) is 16.4. The molecular formula is C21H20ClN3O4. The number of hydrogen-bond donors (Lipinski definition) is 1. The molecule has 8 heteroatoms. The highest BCUT2D eigenvalue weighted by atomic mass is 35.5. The van der Waals surface area contributed by atoms with E-state index in [1.807, 2.05) is 0 Å². The van der Waals surface area contributed by atoms with E-state index in [4.69, 9.17) is 11.6 Å². The second-order valence-electron chi connectivity index (χ2n) is 6.72. The Morgan fingerprint density at radius 2 is 1.62 bits per heavy atom. The molecular weight excluding hydrogens is 394 g/mol. The van der Waals surface area contributed by atoms with E-state index in [0.717, 1.165) is 24.8 Å². The smallest absolute Gasteiger partial charge is 0.270 e. The van der Waals surface area contributed by atoms with E-state index in [9.17, 15) is 19.7 Å². The lowest BCUT2D eigenvalue weighted by Gasteiger charge is -2.27. The molecule has 0 aliphatic carbocycles. The number of piperidine rings is 1. The number of non-ortho nitro benzene ring substituents is 1. The Morgan fingerprint density at radius 3 is 2.21 bits per heavy atom. The maximum absolute atomic E-state index is 13.0. The van der Waals surface area contributed by atoms with Crippen molar-refractivity contribution in [3.8, 4) is 0 Å². The summed E-state index contributed by atoms with van der Waals surface area (Å²) in [5, 5.41) is 14.0. The summed E-state index contributed by atoms with van der Waals surface area (Å²) in [5.41, 5.74) is 0.989. The highest BCUT2D eigenvalue weighted by molar-refractivity contribution is 6.30. The molecule has 7 nitrogen and oxygen atoms in total. The average molecular weight is 414 g/mol. The average Bonchev–Trinajstić information content (AvgIpc) is 2.75. The van der Waals surface area contributed by atoms with Crippen LogP contribution in [0.2, 0.25) is 5.02 Å². The van der Waals surface area contributed by atoms with Gasteiger partial charge in [0.2, 0.25) is 0 Å². The summed E-state index contributed by atoms with van der Waals surface area (Å²) in [5.74, 6) is -0.764. The van der Waals surface area contributed by atoms with Crippen molar-refractivity contribution in [1.29, 1.82) is 0 Å². The van der Waals surface area contributed by atoms with Gasteiger partial charge >= 0.3 is 0 Å². The third-order valence-corrected chi connectivity index (χ3v) is 4.90. The van der Waals surface area contributed by atoms with Crippen LogP contribution in [0.3, 0.4) is 0 Å². The van der Waals surface area contributed by atoms with Crippen LogP contribution in [0.25, 0.3) is 6.08 Å². The summed E-state index contributed by atoms with van der Waals surface area (Å²) in [6.07, 6.45) is 4.54. The van der Waals surface area contributed by atoms with Crippen LogP contribution in [0, 0.1) is 10.1 Å². The van der Waals surface area contributed by atoms with Gasteiger partial charge in [-0.05, 0) is 55.2 Å². The lowest BCUT2D eigenvalue weighted by atomic mass is 10.1. The first-order valence-electron chi connectivity index (χ1n) is 9.26. The Hall–Kier alpha value is -3.19. The lowest BCUT2D eigenvalue weighted by molar-refractivity contribution is -0.384. The maximum atomic E-state index is 13.0. The molecule has 1 N–H and O–H groups in total. The zero-order chi connectivity index (χ0) is 20.8. The number of carbonyl (C=O) groups is 2. The third-order valence-electron chi connectivity index (χ3n) is 4.64. The fraction of sp³-hybridized carbons (Fsp3) is 0.238. The van der Waals surface area contributed by atoms with Crippen molar-refractivity contribution in [2.45, 2.75) is 19.3 Å². The van der Waals surface area contributed by atoms with Crippen molar-refractivity contribution in [2.75, 3.05) is 13.1 Å². The highest BCUT2D eigenvalue weighted by Gasteiger charge is 2.22. The summed E-state index contributed by atoms with van der Waals surface area (Å²) in [6.45, 7) is 1.29. The Kier molecular flexibility index (Phi) is 6.61. The van der Waals surface area contributed by atoms with Crippen molar-refractivity contribution >= 4 is 35.2 Å². The van der Waals surface area contributed by atoms with Crippen LogP contribution in [-0.4, -0.2) is 34.7 Å². The first kappa shape index (κ1) is 20.5. The molecule has 0 bridgehead atoms. The van der Waals surface area contributed by atoms with Gasteiger partial charge in [-0.15, -0.1) is 0 Å². The fourth-order valence-corrected chi connectivity index (χ4v) is 3.20. The number of nitrogens with zero attached hydrogens (tertiary/aromatic N) is 2. The SMILES string of the molecule is O=C(N/C(=C\c1ccc(Cl)cc1)C(=O)N1CCCCC1)c1ccc([N+](=O)[O-])cc1. The van der Waals surface area contributed by atoms with Crippen LogP contribution in [0.1, 0.15) is 35.2 Å². The number of hydrogen-bond acceptors (Lipinski definition) is 4. The quantitative estimate of drug-likeness (QED) is 0.455. The van der Waals surface area contributed by atoms with E-state index in [1.165, 1.54) is 24.3 Å². The van der Waals surface area contributed by atoms with Gasteiger partial charge in [-0.3, -0.25) is 19.7 Å². The van der Waals surface area contributed by atoms with E-state index >= 15 is 0 Å². The maximum Gasteiger partial charge on any atom is 0.270 e. The highest BCUT2D eigenvalue weighted by Crippen LogP contribution is 2.17. The standard InChI is InChI=1S/C21H20ClN3O4/c22-17-8-4-15(5-9-17)14-19(21(27)24-12-2-1-3-13-24)23-20(26)16-6-10-18(11-7-16)25(28)29/h4-11,14H,1-3,12-13H2,(H,23,26)/b19-14-. The minimum atomic E-state index is -0.534. The monoisotopic (exact) mass is 413 g/mol. The topological polar surface area (TPSA) is 92.6 Å². The van der Waals surface area contributed by atoms with E-state index in [-0.39, 0.29) is 22.9 Å². The van der Waals surface area contributed by atoms with Gasteiger partial charge in [0, 0.05) is 35.8 Å². The van der Waals surface area contributed by atoms with Gasteiger partial charge in [0.05, 0.1) is 4.92 Å². The van der Waals surface area contributed by atoms with Gasteiger partial charge in [-0.2, -0.15) is 0 Å². The van der Waals surface area contributed by atoms with Crippen LogP contribution in [0.5, 0.6) is 0 Å². The summed E-state index contributed by atoms with van der Waals surface area (Å²) in [7, 11) is 0. The number of nitrogens with one attached hydrogen (secondary N) is 1. The van der Waals surface area contributed by atoms with Crippen molar-refractivity contribution < 1.29 is 14.5 Å². The number of halogens is 1.